The second-order valence-electron chi connectivity index (χ2n) is 2.48. The van der Waals surface area contributed by atoms with E-state index in [0.29, 0.717) is 0 Å². The van der Waals surface area contributed by atoms with E-state index in [4.69, 9.17) is 0 Å². The third-order valence-electron chi connectivity index (χ3n) is 1.65. The number of fused-ring (bicyclic) bond motifs is 1. The Hall–Kier alpha value is -0.630. The summed E-state index contributed by atoms with van der Waals surface area (Å²) in [5.41, 5.74) is 1.20. The second kappa shape index (κ2) is 7.74. The molecule has 0 fully saturated rings. The van der Waals surface area contributed by atoms with Crippen molar-refractivity contribution in [3.05, 3.63) is 21.7 Å². The molecule has 0 amide bonds. The Kier molecular flexibility index (Phi) is 7.40. The molecule has 2 heteroatoms. The molecule has 0 aliphatic heterocycles. The molecule has 0 saturated carbocycles. The molecule has 0 spiro atoms. The van der Waals surface area contributed by atoms with Crippen LogP contribution in [0.1, 0.15) is 49.7 Å². The topological polar surface area (TPSA) is 12.9 Å². The minimum absolute atomic E-state index is 1.19. The Morgan fingerprint density at radius 3 is 2.43 bits per heavy atom. The van der Waals surface area contributed by atoms with Crippen molar-refractivity contribution in [2.75, 3.05) is 0 Å². The van der Waals surface area contributed by atoms with Gasteiger partial charge in [-0.05, 0) is 25.8 Å². The van der Waals surface area contributed by atoms with Crippen LogP contribution in [0.3, 0.4) is 0 Å². The van der Waals surface area contributed by atoms with Gasteiger partial charge in [-0.25, -0.2) is 4.98 Å². The molecule has 0 radical (unpaired) electrons. The fourth-order valence-corrected chi connectivity index (χ4v) is 2.14. The molecule has 1 aromatic rings. The molecular weight excluding hydrogens is 190 g/mol. The number of hydrogen-bond acceptors (Lipinski definition) is 2. The summed E-state index contributed by atoms with van der Waals surface area (Å²) in [6.07, 6.45) is 6.70. The third-order valence-corrected chi connectivity index (χ3v) is 2.69. The standard InChI is InChI=1S/C8H9NS.2C2H6/c1-6-9-7-4-2-3-5-8(7)10-6;2*1-2/h2,4H,3,5H2,1H3;2*1-2H3. The van der Waals surface area contributed by atoms with Crippen LogP contribution < -0.4 is 0 Å². The average Bonchev–Trinajstić information content (AvgIpc) is 2.64. The summed E-state index contributed by atoms with van der Waals surface area (Å²) < 4.78 is 0. The fourth-order valence-electron chi connectivity index (χ4n) is 1.20. The molecule has 1 heterocycles. The molecule has 2 rings (SSSR count). The molecule has 0 aromatic carbocycles. The van der Waals surface area contributed by atoms with E-state index >= 15 is 0 Å². The van der Waals surface area contributed by atoms with Gasteiger partial charge in [-0.1, -0.05) is 33.8 Å². The van der Waals surface area contributed by atoms with Crippen molar-refractivity contribution in [2.45, 2.75) is 47.5 Å². The van der Waals surface area contributed by atoms with Crippen molar-refractivity contribution in [1.29, 1.82) is 0 Å². The molecule has 1 aromatic heterocycles. The van der Waals surface area contributed by atoms with Gasteiger partial charge in [0.05, 0.1) is 10.7 Å². The van der Waals surface area contributed by atoms with Gasteiger partial charge in [-0.3, -0.25) is 0 Å². The molecule has 0 saturated heterocycles. The molecule has 0 bridgehead atoms. The van der Waals surface area contributed by atoms with Gasteiger partial charge in [0, 0.05) is 4.88 Å². The molecule has 0 atom stereocenters. The van der Waals surface area contributed by atoms with Crippen molar-refractivity contribution >= 4 is 17.4 Å². The number of aryl methyl sites for hydroxylation is 2. The van der Waals surface area contributed by atoms with Gasteiger partial charge in [0.2, 0.25) is 0 Å². The highest BCUT2D eigenvalue weighted by Gasteiger charge is 2.07. The lowest BCUT2D eigenvalue weighted by Crippen LogP contribution is -1.87. The SMILES string of the molecule is CC.CC.Cc1nc2c(s1)CCC=C2. The lowest BCUT2D eigenvalue weighted by molar-refractivity contribution is 0.999. The van der Waals surface area contributed by atoms with Gasteiger partial charge >= 0.3 is 0 Å². The number of nitrogens with zero attached hydrogens (tertiary/aromatic N) is 1. The maximum Gasteiger partial charge on any atom is 0.0904 e. The Morgan fingerprint density at radius 2 is 1.86 bits per heavy atom. The van der Waals surface area contributed by atoms with Gasteiger partial charge in [0.15, 0.2) is 0 Å². The van der Waals surface area contributed by atoms with Crippen LogP contribution in [-0.4, -0.2) is 4.98 Å². The van der Waals surface area contributed by atoms with E-state index < -0.39 is 0 Å². The summed E-state index contributed by atoms with van der Waals surface area (Å²) in [7, 11) is 0. The zero-order chi connectivity index (χ0) is 11.0. The fraction of sp³-hybridized carbons (Fsp3) is 0.583. The monoisotopic (exact) mass is 211 g/mol. The molecule has 0 unspecified atom stereocenters. The van der Waals surface area contributed by atoms with E-state index in [9.17, 15) is 0 Å². The van der Waals surface area contributed by atoms with Crippen LogP contribution in [0, 0.1) is 6.92 Å². The largest absolute Gasteiger partial charge is 0.242 e. The Labute approximate surface area is 91.9 Å². The quantitative estimate of drug-likeness (QED) is 0.617. The number of thiazole rings is 1. The van der Waals surface area contributed by atoms with E-state index in [0.717, 1.165) is 0 Å². The van der Waals surface area contributed by atoms with E-state index in [1.807, 2.05) is 39.0 Å². The molecule has 0 N–H and O–H groups in total. The van der Waals surface area contributed by atoms with Crippen molar-refractivity contribution in [2.24, 2.45) is 0 Å². The first-order valence-electron chi connectivity index (χ1n) is 5.49. The molecule has 80 valence electrons. The van der Waals surface area contributed by atoms with Crippen molar-refractivity contribution in [3.8, 4) is 0 Å². The van der Waals surface area contributed by atoms with Crippen LogP contribution in [0.25, 0.3) is 6.08 Å². The van der Waals surface area contributed by atoms with Gasteiger partial charge < -0.3 is 0 Å². The lowest BCUT2D eigenvalue weighted by Gasteiger charge is -1.99. The summed E-state index contributed by atoms with van der Waals surface area (Å²) >= 11 is 1.83. The summed E-state index contributed by atoms with van der Waals surface area (Å²) in [5, 5.41) is 1.19. The zero-order valence-corrected chi connectivity index (χ0v) is 10.7. The van der Waals surface area contributed by atoms with E-state index in [2.05, 4.69) is 24.1 Å². The first-order valence-corrected chi connectivity index (χ1v) is 6.31. The van der Waals surface area contributed by atoms with E-state index in [1.165, 1.54) is 28.4 Å². The van der Waals surface area contributed by atoms with Crippen LogP contribution in [0.2, 0.25) is 0 Å². The highest BCUT2D eigenvalue weighted by molar-refractivity contribution is 7.11. The molecule has 1 aliphatic rings. The Balaban J connectivity index is 0.000000379. The molecular formula is C12H21NS. The highest BCUT2D eigenvalue weighted by atomic mass is 32.1. The van der Waals surface area contributed by atoms with Gasteiger partial charge in [0.25, 0.3) is 0 Å². The van der Waals surface area contributed by atoms with Crippen molar-refractivity contribution in [1.82, 2.24) is 4.98 Å². The third kappa shape index (κ3) is 3.62. The smallest absolute Gasteiger partial charge is 0.0904 e. The number of hydrogen-bond donors (Lipinski definition) is 0. The summed E-state index contributed by atoms with van der Waals surface area (Å²) in [4.78, 5) is 5.84. The van der Waals surface area contributed by atoms with Crippen LogP contribution >= 0.6 is 11.3 Å². The normalized spacial score (nSPS) is 11.8. The minimum atomic E-state index is 1.19. The molecule has 1 aliphatic carbocycles. The first kappa shape index (κ1) is 13.4. The number of rotatable bonds is 0. The average molecular weight is 211 g/mol. The highest BCUT2D eigenvalue weighted by Crippen LogP contribution is 2.24. The Morgan fingerprint density at radius 1 is 1.21 bits per heavy atom. The lowest BCUT2D eigenvalue weighted by atomic mass is 10.1. The molecule has 1 nitrogen and oxygen atoms in total. The van der Waals surface area contributed by atoms with E-state index in [-0.39, 0.29) is 0 Å². The van der Waals surface area contributed by atoms with Gasteiger partial charge in [0.1, 0.15) is 0 Å². The van der Waals surface area contributed by atoms with Crippen LogP contribution in [-0.2, 0) is 6.42 Å². The number of allylic oxidation sites excluding steroid dienone is 1. The van der Waals surface area contributed by atoms with Gasteiger partial charge in [-0.2, -0.15) is 0 Å². The predicted octanol–water partition coefficient (Wildman–Crippen LogP) is 4.46. The van der Waals surface area contributed by atoms with Gasteiger partial charge in [-0.15, -0.1) is 11.3 Å². The van der Waals surface area contributed by atoms with Crippen LogP contribution in [0.4, 0.5) is 0 Å². The zero-order valence-electron chi connectivity index (χ0n) is 9.92. The molecule has 14 heavy (non-hydrogen) atoms. The summed E-state index contributed by atoms with van der Waals surface area (Å²) in [6.45, 7) is 10.1. The summed E-state index contributed by atoms with van der Waals surface area (Å²) in [5.74, 6) is 0. The van der Waals surface area contributed by atoms with E-state index in [1.54, 1.807) is 0 Å². The predicted molar refractivity (Wildman–Crippen MR) is 66.9 cm³/mol. The maximum absolute atomic E-state index is 4.38. The second-order valence-corrected chi connectivity index (χ2v) is 3.77. The van der Waals surface area contributed by atoms with Crippen LogP contribution in [0.5, 0.6) is 0 Å². The van der Waals surface area contributed by atoms with Crippen LogP contribution in [0.15, 0.2) is 6.08 Å². The van der Waals surface area contributed by atoms with Crippen molar-refractivity contribution < 1.29 is 0 Å². The summed E-state index contributed by atoms with van der Waals surface area (Å²) in [6, 6.07) is 0. The minimum Gasteiger partial charge on any atom is -0.242 e. The van der Waals surface area contributed by atoms with Crippen molar-refractivity contribution in [3.63, 3.8) is 0 Å². The maximum atomic E-state index is 4.38. The first-order chi connectivity index (χ1) is 6.86. The number of aromatic nitrogens is 1. The Bertz CT molecular complexity index is 274.